The fraction of sp³-hybridized carbons (Fsp3) is 0.833. The number of amides is 1. The molecule has 0 aromatic carbocycles. The van der Waals surface area contributed by atoms with E-state index in [0.717, 1.165) is 19.3 Å². The van der Waals surface area contributed by atoms with E-state index in [9.17, 15) is 9.59 Å². The Morgan fingerprint density at radius 1 is 1.27 bits per heavy atom. The minimum absolute atomic E-state index is 0.145. The van der Waals surface area contributed by atoms with Crippen molar-refractivity contribution in [2.75, 3.05) is 0 Å². The molecule has 1 unspecified atom stereocenters. The van der Waals surface area contributed by atoms with E-state index in [1.807, 2.05) is 13.8 Å². The molecule has 3 nitrogen and oxygen atoms in total. The van der Waals surface area contributed by atoms with Gasteiger partial charge in [0.2, 0.25) is 5.78 Å². The first-order valence-electron chi connectivity index (χ1n) is 5.99. The summed E-state index contributed by atoms with van der Waals surface area (Å²) in [6.45, 7) is 3.74. The third-order valence-electron chi connectivity index (χ3n) is 3.22. The third-order valence-corrected chi connectivity index (χ3v) is 3.22. The van der Waals surface area contributed by atoms with Crippen LogP contribution in [0.15, 0.2) is 0 Å². The van der Waals surface area contributed by atoms with E-state index >= 15 is 0 Å². The Bertz CT molecular complexity index is 232. The fourth-order valence-corrected chi connectivity index (χ4v) is 1.91. The Morgan fingerprint density at radius 3 is 2.40 bits per heavy atom. The molecule has 0 aromatic heterocycles. The normalized spacial score (nSPS) is 19.6. The molecule has 1 aliphatic rings. The van der Waals surface area contributed by atoms with Crippen molar-refractivity contribution in [1.82, 2.24) is 5.32 Å². The lowest BCUT2D eigenvalue weighted by atomic mass is 9.95. The van der Waals surface area contributed by atoms with Crippen molar-refractivity contribution in [3.05, 3.63) is 0 Å². The zero-order valence-corrected chi connectivity index (χ0v) is 9.71. The van der Waals surface area contributed by atoms with Crippen molar-refractivity contribution in [3.63, 3.8) is 0 Å². The summed E-state index contributed by atoms with van der Waals surface area (Å²) < 4.78 is 0. The zero-order valence-electron chi connectivity index (χ0n) is 9.71. The summed E-state index contributed by atoms with van der Waals surface area (Å²) in [5, 5.41) is 2.85. The molecule has 1 fully saturated rings. The van der Waals surface area contributed by atoms with Crippen LogP contribution in [-0.4, -0.2) is 17.7 Å². The smallest absolute Gasteiger partial charge is 0.287 e. The van der Waals surface area contributed by atoms with Crippen LogP contribution in [0.5, 0.6) is 0 Å². The SMILES string of the molecule is CCC(C)C(=O)C(=O)NC1CCCCC1. The highest BCUT2D eigenvalue weighted by atomic mass is 16.2. The summed E-state index contributed by atoms with van der Waals surface area (Å²) in [4.78, 5) is 23.1. The van der Waals surface area contributed by atoms with Crippen molar-refractivity contribution in [2.24, 2.45) is 5.92 Å². The molecule has 1 aliphatic carbocycles. The van der Waals surface area contributed by atoms with Crippen LogP contribution < -0.4 is 5.32 Å². The number of hydrogen-bond donors (Lipinski definition) is 1. The highest BCUT2D eigenvalue weighted by Gasteiger charge is 2.23. The lowest BCUT2D eigenvalue weighted by molar-refractivity contribution is -0.140. The van der Waals surface area contributed by atoms with E-state index < -0.39 is 0 Å². The molecule has 3 heteroatoms. The summed E-state index contributed by atoms with van der Waals surface area (Å²) in [5.41, 5.74) is 0. The summed E-state index contributed by atoms with van der Waals surface area (Å²) in [5.74, 6) is -0.784. The summed E-state index contributed by atoms with van der Waals surface area (Å²) in [7, 11) is 0. The first-order chi connectivity index (χ1) is 7.15. The minimum atomic E-state index is -0.378. The standard InChI is InChI=1S/C12H21NO2/c1-3-9(2)11(14)12(15)13-10-7-5-4-6-8-10/h9-10H,3-8H2,1-2H3,(H,13,15). The van der Waals surface area contributed by atoms with Gasteiger partial charge < -0.3 is 5.32 Å². The molecule has 0 aliphatic heterocycles. The maximum Gasteiger partial charge on any atom is 0.287 e. The number of nitrogens with one attached hydrogen (secondary N) is 1. The van der Waals surface area contributed by atoms with Crippen molar-refractivity contribution in [3.8, 4) is 0 Å². The molecule has 0 bridgehead atoms. The van der Waals surface area contributed by atoms with E-state index in [2.05, 4.69) is 5.32 Å². The molecule has 86 valence electrons. The van der Waals surface area contributed by atoms with E-state index in [1.54, 1.807) is 0 Å². The van der Waals surface area contributed by atoms with Gasteiger partial charge in [-0.25, -0.2) is 0 Å². The Balaban J connectivity index is 2.36. The van der Waals surface area contributed by atoms with Crippen LogP contribution in [0.1, 0.15) is 52.4 Å². The van der Waals surface area contributed by atoms with Gasteiger partial charge in [0.05, 0.1) is 0 Å². The molecule has 0 saturated heterocycles. The van der Waals surface area contributed by atoms with Crippen molar-refractivity contribution in [2.45, 2.75) is 58.4 Å². The monoisotopic (exact) mass is 211 g/mol. The van der Waals surface area contributed by atoms with Crippen LogP contribution in [-0.2, 0) is 9.59 Å². The van der Waals surface area contributed by atoms with Crippen LogP contribution in [0.25, 0.3) is 0 Å². The average Bonchev–Trinajstić information content (AvgIpc) is 2.28. The van der Waals surface area contributed by atoms with Gasteiger partial charge in [-0.2, -0.15) is 0 Å². The van der Waals surface area contributed by atoms with Crippen LogP contribution in [0.2, 0.25) is 0 Å². The molecule has 0 radical (unpaired) electrons. The molecule has 1 amide bonds. The first kappa shape index (κ1) is 12.2. The molecular formula is C12H21NO2. The van der Waals surface area contributed by atoms with Gasteiger partial charge in [-0.3, -0.25) is 9.59 Å². The topological polar surface area (TPSA) is 46.2 Å². The van der Waals surface area contributed by atoms with Gasteiger partial charge in [-0.15, -0.1) is 0 Å². The van der Waals surface area contributed by atoms with Crippen LogP contribution in [0.4, 0.5) is 0 Å². The predicted octanol–water partition coefficient (Wildman–Crippen LogP) is 2.05. The third kappa shape index (κ3) is 3.65. The number of ketones is 1. The van der Waals surface area contributed by atoms with E-state index in [0.29, 0.717) is 0 Å². The van der Waals surface area contributed by atoms with Crippen LogP contribution in [0, 0.1) is 5.92 Å². The van der Waals surface area contributed by atoms with Crippen molar-refractivity contribution in [1.29, 1.82) is 0 Å². The van der Waals surface area contributed by atoms with Crippen molar-refractivity contribution < 1.29 is 9.59 Å². The predicted molar refractivity (Wildman–Crippen MR) is 59.5 cm³/mol. The van der Waals surface area contributed by atoms with Gasteiger partial charge in [-0.1, -0.05) is 33.1 Å². The second-order valence-corrected chi connectivity index (χ2v) is 4.48. The van der Waals surface area contributed by atoms with E-state index in [4.69, 9.17) is 0 Å². The summed E-state index contributed by atoms with van der Waals surface area (Å²) in [6.07, 6.45) is 6.38. The number of hydrogen-bond acceptors (Lipinski definition) is 2. The molecule has 0 spiro atoms. The largest absolute Gasteiger partial charge is 0.347 e. The van der Waals surface area contributed by atoms with Gasteiger partial charge in [-0.05, 0) is 19.3 Å². The van der Waals surface area contributed by atoms with Gasteiger partial charge in [0.15, 0.2) is 0 Å². The highest BCUT2D eigenvalue weighted by molar-refractivity contribution is 6.36. The van der Waals surface area contributed by atoms with Gasteiger partial charge in [0.1, 0.15) is 0 Å². The zero-order chi connectivity index (χ0) is 11.3. The number of rotatable bonds is 4. The van der Waals surface area contributed by atoms with Crippen molar-refractivity contribution >= 4 is 11.7 Å². The molecule has 0 aromatic rings. The average molecular weight is 211 g/mol. The molecule has 15 heavy (non-hydrogen) atoms. The molecule has 0 heterocycles. The Labute approximate surface area is 91.6 Å². The van der Waals surface area contributed by atoms with E-state index in [1.165, 1.54) is 19.3 Å². The second-order valence-electron chi connectivity index (χ2n) is 4.48. The van der Waals surface area contributed by atoms with E-state index in [-0.39, 0.29) is 23.7 Å². The maximum absolute atomic E-state index is 11.6. The van der Waals surface area contributed by atoms with Crippen LogP contribution >= 0.6 is 0 Å². The Kier molecular flexibility index (Phi) is 4.79. The van der Waals surface area contributed by atoms with Gasteiger partial charge in [0.25, 0.3) is 5.91 Å². The minimum Gasteiger partial charge on any atom is -0.347 e. The number of carbonyl (C=O) groups is 2. The summed E-state index contributed by atoms with van der Waals surface area (Å²) >= 11 is 0. The molecule has 1 atom stereocenters. The quantitative estimate of drug-likeness (QED) is 0.723. The lowest BCUT2D eigenvalue weighted by Gasteiger charge is -2.22. The molecule has 1 saturated carbocycles. The van der Waals surface area contributed by atoms with Gasteiger partial charge in [0, 0.05) is 12.0 Å². The fourth-order valence-electron chi connectivity index (χ4n) is 1.91. The summed E-state index contributed by atoms with van der Waals surface area (Å²) in [6, 6.07) is 0.235. The molecular weight excluding hydrogens is 190 g/mol. The lowest BCUT2D eigenvalue weighted by Crippen LogP contribution is -2.42. The maximum atomic E-state index is 11.6. The number of carbonyl (C=O) groups excluding carboxylic acids is 2. The Hall–Kier alpha value is -0.860. The second kappa shape index (κ2) is 5.89. The van der Waals surface area contributed by atoms with Crippen LogP contribution in [0.3, 0.4) is 0 Å². The Morgan fingerprint density at radius 2 is 1.87 bits per heavy atom. The number of Topliss-reactive ketones (excluding diaryl/α,β-unsaturated/α-hetero) is 1. The first-order valence-corrected chi connectivity index (χ1v) is 5.99. The molecule has 1 rings (SSSR count). The van der Waals surface area contributed by atoms with Gasteiger partial charge >= 0.3 is 0 Å². The highest BCUT2D eigenvalue weighted by Crippen LogP contribution is 2.17. The molecule has 1 N–H and O–H groups in total.